The van der Waals surface area contributed by atoms with Crippen LogP contribution in [0, 0.1) is 0 Å². The maximum absolute atomic E-state index is 5.80. The minimum atomic E-state index is 0.424. The van der Waals surface area contributed by atoms with E-state index in [0.29, 0.717) is 6.04 Å². The zero-order valence-electron chi connectivity index (χ0n) is 6.22. The van der Waals surface area contributed by atoms with Crippen LogP contribution in [0.5, 0.6) is 0 Å². The smallest absolute Gasteiger partial charge is 0.0168 e. The lowest BCUT2D eigenvalue weighted by Crippen LogP contribution is -2.43. The average Bonchev–Trinajstić information content (AvgIpc) is 1.88. The average molecular weight is 207 g/mol. The van der Waals surface area contributed by atoms with Crippen LogP contribution in [0.3, 0.4) is 0 Å². The first-order valence-corrected chi connectivity index (χ1v) is 4.99. The van der Waals surface area contributed by atoms with Gasteiger partial charge in [-0.3, -0.25) is 0 Å². The summed E-state index contributed by atoms with van der Waals surface area (Å²) in [6.07, 6.45) is 2.48. The number of nitrogens with two attached hydrogens (primary N) is 1. The second kappa shape index (κ2) is 4.31. The zero-order valence-corrected chi connectivity index (χ0v) is 7.81. The second-order valence-corrected chi connectivity index (χ2v) is 3.68. The van der Waals surface area contributed by atoms with Gasteiger partial charge in [-0.25, -0.2) is 0 Å². The van der Waals surface area contributed by atoms with E-state index in [9.17, 15) is 0 Å². The molecule has 1 aliphatic heterocycles. The highest BCUT2D eigenvalue weighted by atomic mass is 79.9. The third kappa shape index (κ3) is 2.56. The summed E-state index contributed by atoms with van der Waals surface area (Å²) in [5.74, 6) is 0. The predicted octanol–water partition coefficient (Wildman–Crippen LogP) is 0.804. The number of alkyl halides is 1. The molecule has 1 aliphatic rings. The number of rotatable bonds is 2. The predicted molar refractivity (Wildman–Crippen MR) is 47.4 cm³/mol. The summed E-state index contributed by atoms with van der Waals surface area (Å²) >= 11 is 3.42. The maximum atomic E-state index is 5.80. The molecule has 1 rings (SSSR count). The Morgan fingerprint density at radius 1 is 1.60 bits per heavy atom. The van der Waals surface area contributed by atoms with Crippen LogP contribution in [0.4, 0.5) is 0 Å². The van der Waals surface area contributed by atoms with Gasteiger partial charge in [0.25, 0.3) is 0 Å². The topological polar surface area (TPSA) is 29.3 Å². The molecule has 0 aromatic rings. The van der Waals surface area contributed by atoms with Crippen molar-refractivity contribution in [2.75, 3.05) is 25.0 Å². The fraction of sp³-hybridized carbons (Fsp3) is 1.00. The largest absolute Gasteiger partial charge is 0.327 e. The van der Waals surface area contributed by atoms with Crippen LogP contribution in [0.15, 0.2) is 0 Å². The third-order valence-corrected chi connectivity index (χ3v) is 2.30. The van der Waals surface area contributed by atoms with Gasteiger partial charge in [-0.2, -0.15) is 0 Å². The molecular weight excluding hydrogens is 192 g/mol. The monoisotopic (exact) mass is 206 g/mol. The van der Waals surface area contributed by atoms with E-state index in [1.807, 2.05) is 0 Å². The van der Waals surface area contributed by atoms with Crippen molar-refractivity contribution in [3.8, 4) is 0 Å². The molecule has 2 nitrogen and oxygen atoms in total. The van der Waals surface area contributed by atoms with Gasteiger partial charge in [0, 0.05) is 24.5 Å². The Hall–Kier alpha value is 0.400. The molecule has 3 heteroatoms. The van der Waals surface area contributed by atoms with Crippen molar-refractivity contribution in [2.24, 2.45) is 5.73 Å². The minimum Gasteiger partial charge on any atom is -0.327 e. The molecule has 1 heterocycles. The molecule has 0 bridgehead atoms. The number of halogens is 1. The fourth-order valence-electron chi connectivity index (χ4n) is 1.41. The van der Waals surface area contributed by atoms with Crippen molar-refractivity contribution in [3.63, 3.8) is 0 Å². The Balaban J connectivity index is 2.18. The molecule has 0 aromatic heterocycles. The normalized spacial score (nSPS) is 28.8. The molecule has 1 atom stereocenters. The molecule has 0 spiro atoms. The van der Waals surface area contributed by atoms with Gasteiger partial charge in [0.05, 0.1) is 0 Å². The van der Waals surface area contributed by atoms with Crippen molar-refractivity contribution in [1.82, 2.24) is 4.90 Å². The highest BCUT2D eigenvalue weighted by molar-refractivity contribution is 9.09. The van der Waals surface area contributed by atoms with E-state index in [2.05, 4.69) is 20.8 Å². The van der Waals surface area contributed by atoms with Crippen LogP contribution < -0.4 is 5.73 Å². The van der Waals surface area contributed by atoms with Crippen molar-refractivity contribution >= 4 is 15.9 Å². The van der Waals surface area contributed by atoms with E-state index in [-0.39, 0.29) is 0 Å². The van der Waals surface area contributed by atoms with Crippen LogP contribution in [0.25, 0.3) is 0 Å². The quantitative estimate of drug-likeness (QED) is 0.679. The maximum Gasteiger partial charge on any atom is 0.0168 e. The zero-order chi connectivity index (χ0) is 7.40. The van der Waals surface area contributed by atoms with Gasteiger partial charge < -0.3 is 10.6 Å². The van der Waals surface area contributed by atoms with E-state index < -0.39 is 0 Å². The van der Waals surface area contributed by atoms with Gasteiger partial charge >= 0.3 is 0 Å². The Morgan fingerprint density at radius 2 is 2.40 bits per heavy atom. The number of nitrogens with zero attached hydrogens (tertiary/aromatic N) is 1. The molecule has 0 aromatic carbocycles. The summed E-state index contributed by atoms with van der Waals surface area (Å²) in [6.45, 7) is 3.47. The Labute approximate surface area is 70.9 Å². The summed E-state index contributed by atoms with van der Waals surface area (Å²) < 4.78 is 0. The van der Waals surface area contributed by atoms with Crippen LogP contribution in [0.1, 0.15) is 12.8 Å². The number of piperidine rings is 1. The second-order valence-electron chi connectivity index (χ2n) is 2.89. The van der Waals surface area contributed by atoms with E-state index in [4.69, 9.17) is 5.73 Å². The van der Waals surface area contributed by atoms with Gasteiger partial charge in [0.2, 0.25) is 0 Å². The van der Waals surface area contributed by atoms with E-state index in [1.54, 1.807) is 0 Å². The SMILES string of the molecule is NC1CCCN(CCBr)C1. The summed E-state index contributed by atoms with van der Waals surface area (Å²) in [5, 5.41) is 1.07. The van der Waals surface area contributed by atoms with Crippen molar-refractivity contribution in [2.45, 2.75) is 18.9 Å². The summed E-state index contributed by atoms with van der Waals surface area (Å²) in [4.78, 5) is 2.42. The summed E-state index contributed by atoms with van der Waals surface area (Å²) in [6, 6.07) is 0.424. The van der Waals surface area contributed by atoms with Crippen molar-refractivity contribution < 1.29 is 0 Å². The molecule has 2 N–H and O–H groups in total. The third-order valence-electron chi connectivity index (χ3n) is 1.94. The molecule has 0 aliphatic carbocycles. The molecule has 1 fully saturated rings. The number of likely N-dealkylation sites (tertiary alicyclic amines) is 1. The molecule has 1 saturated heterocycles. The van der Waals surface area contributed by atoms with Crippen LogP contribution in [-0.4, -0.2) is 35.9 Å². The van der Waals surface area contributed by atoms with E-state index in [0.717, 1.165) is 18.4 Å². The molecular formula is C7H15BrN2. The van der Waals surface area contributed by atoms with Gasteiger partial charge in [-0.05, 0) is 19.4 Å². The van der Waals surface area contributed by atoms with Crippen LogP contribution in [-0.2, 0) is 0 Å². The molecule has 0 radical (unpaired) electrons. The van der Waals surface area contributed by atoms with Gasteiger partial charge in [-0.1, -0.05) is 15.9 Å². The molecule has 60 valence electrons. The lowest BCUT2D eigenvalue weighted by molar-refractivity contribution is 0.221. The van der Waals surface area contributed by atoms with Crippen molar-refractivity contribution in [3.05, 3.63) is 0 Å². The summed E-state index contributed by atoms with van der Waals surface area (Å²) in [7, 11) is 0. The molecule has 1 unspecified atom stereocenters. The van der Waals surface area contributed by atoms with E-state index in [1.165, 1.54) is 19.4 Å². The van der Waals surface area contributed by atoms with Crippen molar-refractivity contribution in [1.29, 1.82) is 0 Å². The number of hydrogen-bond acceptors (Lipinski definition) is 2. The summed E-state index contributed by atoms with van der Waals surface area (Å²) in [5.41, 5.74) is 5.80. The fourth-order valence-corrected chi connectivity index (χ4v) is 1.92. The Bertz CT molecular complexity index is 95.6. The van der Waals surface area contributed by atoms with Gasteiger partial charge in [0.15, 0.2) is 0 Å². The van der Waals surface area contributed by atoms with Gasteiger partial charge in [0.1, 0.15) is 0 Å². The molecule has 0 amide bonds. The number of hydrogen-bond donors (Lipinski definition) is 1. The van der Waals surface area contributed by atoms with E-state index >= 15 is 0 Å². The Morgan fingerprint density at radius 3 is 3.00 bits per heavy atom. The van der Waals surface area contributed by atoms with Crippen LogP contribution >= 0.6 is 15.9 Å². The first-order valence-electron chi connectivity index (χ1n) is 3.87. The standard InChI is InChI=1S/C7H15BrN2/c8-3-5-10-4-1-2-7(9)6-10/h7H,1-6,9H2. The van der Waals surface area contributed by atoms with Crippen LogP contribution in [0.2, 0.25) is 0 Å². The Kier molecular flexibility index (Phi) is 3.66. The highest BCUT2D eigenvalue weighted by Gasteiger charge is 2.14. The first-order chi connectivity index (χ1) is 4.83. The first kappa shape index (κ1) is 8.50. The lowest BCUT2D eigenvalue weighted by atomic mass is 10.1. The van der Waals surface area contributed by atoms with Gasteiger partial charge in [-0.15, -0.1) is 0 Å². The molecule has 10 heavy (non-hydrogen) atoms. The lowest BCUT2D eigenvalue weighted by Gasteiger charge is -2.29. The molecule has 0 saturated carbocycles. The minimum absolute atomic E-state index is 0.424. The highest BCUT2D eigenvalue weighted by Crippen LogP contribution is 2.07.